The van der Waals surface area contributed by atoms with Gasteiger partial charge in [0.05, 0.1) is 5.69 Å². The highest BCUT2D eigenvalue weighted by molar-refractivity contribution is 5.90. The van der Waals surface area contributed by atoms with Gasteiger partial charge >= 0.3 is 5.97 Å². The second-order valence-corrected chi connectivity index (χ2v) is 3.62. The van der Waals surface area contributed by atoms with E-state index in [2.05, 4.69) is 17.2 Å². The monoisotopic (exact) mass is 245 g/mol. The molecule has 0 atom stereocenters. The average Bonchev–Trinajstić information content (AvgIpc) is 2.29. The zero-order valence-corrected chi connectivity index (χ0v) is 10.4. The van der Waals surface area contributed by atoms with Gasteiger partial charge in [0.1, 0.15) is 6.61 Å². The molecule has 0 saturated carbocycles. The minimum Gasteiger partial charge on any atom is -0.465 e. The summed E-state index contributed by atoms with van der Waals surface area (Å²) in [5.74, 6) is 5.38. The van der Waals surface area contributed by atoms with Gasteiger partial charge in [-0.1, -0.05) is 24.0 Å². The number of benzene rings is 1. The van der Waals surface area contributed by atoms with Crippen LogP contribution in [-0.2, 0) is 14.3 Å². The molecule has 0 unspecified atom stereocenters. The molecule has 0 spiro atoms. The maximum Gasteiger partial charge on any atom is 0.302 e. The molecular weight excluding hydrogens is 230 g/mol. The summed E-state index contributed by atoms with van der Waals surface area (Å²) in [5.41, 5.74) is 1.43. The van der Waals surface area contributed by atoms with Crippen LogP contribution in [0.2, 0.25) is 0 Å². The summed E-state index contributed by atoms with van der Waals surface area (Å²) in [6.45, 7) is 3.09. The minimum absolute atomic E-state index is 0.135. The van der Waals surface area contributed by atoms with Gasteiger partial charge in [0.15, 0.2) is 0 Å². The molecule has 0 radical (unpaired) electrons. The number of rotatable bonds is 3. The van der Waals surface area contributed by atoms with E-state index < -0.39 is 0 Å². The molecule has 1 rings (SSSR count). The first-order valence-corrected chi connectivity index (χ1v) is 5.58. The molecule has 4 heteroatoms. The van der Waals surface area contributed by atoms with E-state index in [0.29, 0.717) is 12.1 Å². The summed E-state index contributed by atoms with van der Waals surface area (Å²) in [7, 11) is 0. The Morgan fingerprint density at radius 2 is 2.00 bits per heavy atom. The lowest BCUT2D eigenvalue weighted by Gasteiger charge is -2.03. The van der Waals surface area contributed by atoms with Gasteiger partial charge in [-0.15, -0.1) is 0 Å². The number of ether oxygens (including phenoxy) is 1. The lowest BCUT2D eigenvalue weighted by molar-refractivity contribution is -0.140. The third-order valence-electron chi connectivity index (χ3n) is 1.99. The maximum absolute atomic E-state index is 11.0. The summed E-state index contributed by atoms with van der Waals surface area (Å²) in [6.07, 6.45) is 0.466. The van der Waals surface area contributed by atoms with Crippen LogP contribution >= 0.6 is 0 Å². The average molecular weight is 245 g/mol. The number of carbonyl (C=O) groups is 2. The molecular formula is C14H15NO3. The van der Waals surface area contributed by atoms with Crippen molar-refractivity contribution < 1.29 is 14.3 Å². The highest BCUT2D eigenvalue weighted by atomic mass is 16.5. The van der Waals surface area contributed by atoms with Crippen LogP contribution in [0.25, 0.3) is 0 Å². The van der Waals surface area contributed by atoms with Gasteiger partial charge in [-0.3, -0.25) is 9.59 Å². The van der Waals surface area contributed by atoms with Crippen molar-refractivity contribution in [2.75, 3.05) is 11.9 Å². The third kappa shape index (κ3) is 5.17. The van der Waals surface area contributed by atoms with Gasteiger partial charge in [-0.05, 0) is 12.1 Å². The number of carbonyl (C=O) groups excluding carboxylic acids is 2. The van der Waals surface area contributed by atoms with Crippen molar-refractivity contribution in [1.29, 1.82) is 0 Å². The molecule has 0 fully saturated rings. The fourth-order valence-corrected chi connectivity index (χ4v) is 1.29. The molecule has 0 aromatic heterocycles. The van der Waals surface area contributed by atoms with Gasteiger partial charge in [0.2, 0.25) is 5.91 Å². The van der Waals surface area contributed by atoms with Crippen molar-refractivity contribution >= 4 is 17.6 Å². The number of nitrogens with one attached hydrogen (secondary N) is 1. The molecule has 0 heterocycles. The van der Waals surface area contributed by atoms with Crippen molar-refractivity contribution in [1.82, 2.24) is 0 Å². The van der Waals surface area contributed by atoms with Gasteiger partial charge in [0, 0.05) is 25.8 Å². The molecule has 0 aliphatic carbocycles. The largest absolute Gasteiger partial charge is 0.465 e. The Labute approximate surface area is 106 Å². The number of para-hydroxylation sites is 1. The van der Waals surface area contributed by atoms with Crippen LogP contribution in [0.15, 0.2) is 24.3 Å². The van der Waals surface area contributed by atoms with Crippen LogP contribution in [0.4, 0.5) is 5.69 Å². The van der Waals surface area contributed by atoms with E-state index in [-0.39, 0.29) is 18.5 Å². The number of amides is 1. The molecule has 0 bridgehead atoms. The number of anilines is 1. The van der Waals surface area contributed by atoms with Crippen molar-refractivity contribution in [3.8, 4) is 11.8 Å². The predicted molar refractivity (Wildman–Crippen MR) is 68.9 cm³/mol. The molecule has 1 aromatic rings. The Morgan fingerprint density at radius 3 is 2.67 bits per heavy atom. The van der Waals surface area contributed by atoms with Crippen molar-refractivity contribution in [2.24, 2.45) is 0 Å². The van der Waals surface area contributed by atoms with E-state index in [9.17, 15) is 9.59 Å². The molecule has 0 aliphatic heterocycles. The third-order valence-corrected chi connectivity index (χ3v) is 1.99. The highest BCUT2D eigenvalue weighted by Crippen LogP contribution is 2.13. The standard InChI is InChI=1S/C14H15NO3/c1-11(16)15-14-9-4-3-7-13(14)8-5-6-10-18-12(2)17/h3-4,7,9H,6,10H2,1-2H3,(H,15,16). The summed E-state index contributed by atoms with van der Waals surface area (Å²) >= 11 is 0. The Balaban J connectivity index is 2.63. The van der Waals surface area contributed by atoms with Crippen LogP contribution in [0.3, 0.4) is 0 Å². The van der Waals surface area contributed by atoms with E-state index in [1.54, 1.807) is 6.07 Å². The van der Waals surface area contributed by atoms with Gasteiger partial charge in [-0.2, -0.15) is 0 Å². The summed E-state index contributed by atoms with van der Waals surface area (Å²) in [5, 5.41) is 2.71. The number of hydrogen-bond donors (Lipinski definition) is 1. The zero-order valence-electron chi connectivity index (χ0n) is 10.4. The second-order valence-electron chi connectivity index (χ2n) is 3.62. The molecule has 1 N–H and O–H groups in total. The number of hydrogen-bond acceptors (Lipinski definition) is 3. The van der Waals surface area contributed by atoms with Crippen molar-refractivity contribution in [3.63, 3.8) is 0 Å². The van der Waals surface area contributed by atoms with Crippen molar-refractivity contribution in [2.45, 2.75) is 20.3 Å². The first-order valence-electron chi connectivity index (χ1n) is 5.58. The highest BCUT2D eigenvalue weighted by Gasteiger charge is 1.99. The quantitative estimate of drug-likeness (QED) is 0.503. The minimum atomic E-state index is -0.310. The smallest absolute Gasteiger partial charge is 0.302 e. The Hall–Kier alpha value is -2.28. The van der Waals surface area contributed by atoms with E-state index in [1.165, 1.54) is 13.8 Å². The SMILES string of the molecule is CC(=O)Nc1ccccc1C#CCCOC(C)=O. The van der Waals surface area contributed by atoms with Crippen LogP contribution in [0.1, 0.15) is 25.8 Å². The van der Waals surface area contributed by atoms with Crippen molar-refractivity contribution in [3.05, 3.63) is 29.8 Å². The molecule has 0 saturated heterocycles. The molecule has 1 aromatic carbocycles. The lowest BCUT2D eigenvalue weighted by atomic mass is 10.2. The van der Waals surface area contributed by atoms with E-state index in [0.717, 1.165) is 5.56 Å². The first kappa shape index (κ1) is 13.8. The maximum atomic E-state index is 11.0. The zero-order chi connectivity index (χ0) is 13.4. The second kappa shape index (κ2) is 7.13. The summed E-state index contributed by atoms with van der Waals surface area (Å²) in [4.78, 5) is 21.5. The first-order chi connectivity index (χ1) is 8.59. The van der Waals surface area contributed by atoms with Crippen LogP contribution in [0.5, 0.6) is 0 Å². The predicted octanol–water partition coefficient (Wildman–Crippen LogP) is 1.95. The Bertz CT molecular complexity index is 497. The van der Waals surface area contributed by atoms with Gasteiger partial charge < -0.3 is 10.1 Å². The molecule has 18 heavy (non-hydrogen) atoms. The van der Waals surface area contributed by atoms with Crippen LogP contribution in [-0.4, -0.2) is 18.5 Å². The fraction of sp³-hybridized carbons (Fsp3) is 0.286. The molecule has 94 valence electrons. The van der Waals surface area contributed by atoms with E-state index >= 15 is 0 Å². The Kier molecular flexibility index (Phi) is 5.46. The Morgan fingerprint density at radius 1 is 1.28 bits per heavy atom. The molecule has 0 aliphatic rings. The van der Waals surface area contributed by atoms with E-state index in [1.807, 2.05) is 18.2 Å². The van der Waals surface area contributed by atoms with Crippen LogP contribution < -0.4 is 5.32 Å². The van der Waals surface area contributed by atoms with Gasteiger partial charge in [0.25, 0.3) is 0 Å². The number of esters is 1. The normalized spacial score (nSPS) is 9.00. The molecule has 1 amide bonds. The van der Waals surface area contributed by atoms with Crippen LogP contribution in [0, 0.1) is 11.8 Å². The fourth-order valence-electron chi connectivity index (χ4n) is 1.29. The van der Waals surface area contributed by atoms with E-state index in [4.69, 9.17) is 4.74 Å². The van der Waals surface area contributed by atoms with Gasteiger partial charge in [-0.25, -0.2) is 0 Å². The summed E-state index contributed by atoms with van der Waals surface area (Å²) in [6, 6.07) is 7.29. The molecule has 4 nitrogen and oxygen atoms in total. The topological polar surface area (TPSA) is 55.4 Å². The lowest BCUT2D eigenvalue weighted by Crippen LogP contribution is -2.07. The summed E-state index contributed by atoms with van der Waals surface area (Å²) < 4.78 is 4.76.